The second kappa shape index (κ2) is 10.2. The predicted molar refractivity (Wildman–Crippen MR) is 126 cm³/mol. The van der Waals surface area contributed by atoms with E-state index in [1.54, 1.807) is 0 Å². The number of hydrogen-bond donors (Lipinski definition) is 1. The molecule has 2 aromatic heterocycles. The number of carbonyl (C=O) groups is 1. The van der Waals surface area contributed by atoms with Crippen LogP contribution >= 0.6 is 11.8 Å². The van der Waals surface area contributed by atoms with Crippen LogP contribution in [-0.4, -0.2) is 31.0 Å². The normalized spacial score (nSPS) is 11.3. The summed E-state index contributed by atoms with van der Waals surface area (Å²) in [6.07, 6.45) is 0. The Morgan fingerprint density at radius 1 is 1.06 bits per heavy atom. The van der Waals surface area contributed by atoms with Crippen LogP contribution < -0.4 is 5.32 Å². The molecule has 0 aliphatic rings. The molecule has 0 saturated carbocycles. The number of aryl methyl sites for hydroxylation is 2. The van der Waals surface area contributed by atoms with Gasteiger partial charge < -0.3 is 9.88 Å². The third-order valence-corrected chi connectivity index (χ3v) is 6.45. The summed E-state index contributed by atoms with van der Waals surface area (Å²) in [4.78, 5) is 17.2. The lowest BCUT2D eigenvalue weighted by atomic mass is 10.2. The minimum absolute atomic E-state index is 0.00834. The summed E-state index contributed by atoms with van der Waals surface area (Å²) in [5.74, 6) is 0.886. The molecule has 1 amide bonds. The topological polar surface area (TPSA) is 64.7 Å². The molecular weight excluding hydrogens is 406 g/mol. The molecule has 166 valence electrons. The van der Waals surface area contributed by atoms with E-state index in [4.69, 9.17) is 0 Å². The molecule has 1 N–H and O–H groups in total. The van der Waals surface area contributed by atoms with Crippen molar-refractivity contribution in [3.8, 4) is 0 Å². The maximum atomic E-state index is 12.5. The fourth-order valence-electron chi connectivity index (χ4n) is 3.58. The maximum Gasteiger partial charge on any atom is 0.230 e. The third-order valence-electron chi connectivity index (χ3n) is 5.47. The molecule has 3 rings (SSSR count). The number of imidazole rings is 1. The van der Waals surface area contributed by atoms with Crippen LogP contribution in [0, 0.1) is 33.6 Å². The van der Waals surface area contributed by atoms with Gasteiger partial charge in [0, 0.05) is 30.0 Å². The van der Waals surface area contributed by atoms with E-state index in [0.29, 0.717) is 18.2 Å². The van der Waals surface area contributed by atoms with Crippen LogP contribution in [0.4, 0.5) is 0 Å². The van der Waals surface area contributed by atoms with Crippen molar-refractivity contribution in [2.45, 2.75) is 66.3 Å². The van der Waals surface area contributed by atoms with Gasteiger partial charge in [-0.1, -0.05) is 55.9 Å². The van der Waals surface area contributed by atoms with E-state index in [0.717, 1.165) is 40.9 Å². The molecule has 0 atom stereocenters. The molecule has 2 heterocycles. The smallest absolute Gasteiger partial charge is 0.230 e. The summed E-state index contributed by atoms with van der Waals surface area (Å²) in [7, 11) is 0. The van der Waals surface area contributed by atoms with Crippen LogP contribution in [0.15, 0.2) is 35.5 Å². The van der Waals surface area contributed by atoms with Gasteiger partial charge in [-0.05, 0) is 39.2 Å². The lowest BCUT2D eigenvalue weighted by Crippen LogP contribution is -2.25. The van der Waals surface area contributed by atoms with Crippen LogP contribution in [0.3, 0.4) is 0 Å². The second-order valence-corrected chi connectivity index (χ2v) is 9.37. The molecule has 3 aromatic rings. The Bertz CT molecular complexity index is 1040. The number of carbonyl (C=O) groups excluding carboxylic acids is 1. The Morgan fingerprint density at radius 2 is 1.77 bits per heavy atom. The van der Waals surface area contributed by atoms with Gasteiger partial charge in [-0.25, -0.2) is 4.98 Å². The standard InChI is InChI=1S/C24H33N5OS/c1-16(2)13-28-19(5)17(3)26-24(28)31-15-23(30)25-12-22-18(4)27-29(20(22)6)14-21-10-8-7-9-11-21/h7-11,16H,12-15H2,1-6H3,(H,25,30). The first kappa shape index (κ1) is 23.1. The first-order valence-corrected chi connectivity index (χ1v) is 11.7. The summed E-state index contributed by atoms with van der Waals surface area (Å²) in [6, 6.07) is 10.3. The average molecular weight is 440 g/mol. The Hall–Kier alpha value is -2.54. The van der Waals surface area contributed by atoms with Crippen LogP contribution in [0.1, 0.15) is 47.8 Å². The number of hydrogen-bond acceptors (Lipinski definition) is 4. The number of amides is 1. The summed E-state index contributed by atoms with van der Waals surface area (Å²) in [5.41, 5.74) is 6.55. The van der Waals surface area contributed by atoms with Gasteiger partial charge in [-0.3, -0.25) is 9.48 Å². The average Bonchev–Trinajstić information content (AvgIpc) is 3.14. The minimum atomic E-state index is 0.00834. The van der Waals surface area contributed by atoms with Gasteiger partial charge in [0.25, 0.3) is 0 Å². The van der Waals surface area contributed by atoms with Crippen molar-refractivity contribution in [2.24, 2.45) is 5.92 Å². The fourth-order valence-corrected chi connectivity index (χ4v) is 4.51. The zero-order valence-electron chi connectivity index (χ0n) is 19.4. The van der Waals surface area contributed by atoms with Crippen molar-refractivity contribution < 1.29 is 4.79 Å². The van der Waals surface area contributed by atoms with Gasteiger partial charge in [0.1, 0.15) is 0 Å². The van der Waals surface area contributed by atoms with Crippen molar-refractivity contribution >= 4 is 17.7 Å². The van der Waals surface area contributed by atoms with Gasteiger partial charge in [0.05, 0.1) is 23.7 Å². The van der Waals surface area contributed by atoms with E-state index < -0.39 is 0 Å². The van der Waals surface area contributed by atoms with E-state index >= 15 is 0 Å². The molecule has 0 aliphatic heterocycles. The number of benzene rings is 1. The molecule has 0 fully saturated rings. The van der Waals surface area contributed by atoms with Crippen LogP contribution in [0.5, 0.6) is 0 Å². The molecule has 1 aromatic carbocycles. The summed E-state index contributed by atoms with van der Waals surface area (Å²) >= 11 is 1.50. The Kier molecular flexibility index (Phi) is 7.59. The summed E-state index contributed by atoms with van der Waals surface area (Å²) in [6.45, 7) is 14.7. The largest absolute Gasteiger partial charge is 0.351 e. The van der Waals surface area contributed by atoms with Crippen molar-refractivity contribution in [2.75, 3.05) is 5.75 Å². The zero-order chi connectivity index (χ0) is 22.5. The van der Waals surface area contributed by atoms with E-state index in [9.17, 15) is 4.79 Å². The van der Waals surface area contributed by atoms with Crippen molar-refractivity contribution in [3.05, 3.63) is 64.2 Å². The molecule has 0 bridgehead atoms. The Labute approximate surface area is 189 Å². The van der Waals surface area contributed by atoms with Crippen molar-refractivity contribution in [1.82, 2.24) is 24.6 Å². The highest BCUT2D eigenvalue weighted by molar-refractivity contribution is 7.99. The summed E-state index contributed by atoms with van der Waals surface area (Å²) in [5, 5.41) is 8.65. The molecular formula is C24H33N5OS. The Morgan fingerprint density at radius 3 is 2.45 bits per heavy atom. The monoisotopic (exact) mass is 439 g/mol. The molecule has 0 aliphatic carbocycles. The first-order chi connectivity index (χ1) is 14.8. The lowest BCUT2D eigenvalue weighted by Gasteiger charge is -2.12. The van der Waals surface area contributed by atoms with Gasteiger partial charge in [-0.2, -0.15) is 5.10 Å². The van der Waals surface area contributed by atoms with Gasteiger partial charge in [0.2, 0.25) is 5.91 Å². The van der Waals surface area contributed by atoms with Crippen LogP contribution in [-0.2, 0) is 24.4 Å². The van der Waals surface area contributed by atoms with E-state index in [-0.39, 0.29) is 5.91 Å². The minimum Gasteiger partial charge on any atom is -0.351 e. The quantitative estimate of drug-likeness (QED) is 0.501. The molecule has 6 nitrogen and oxygen atoms in total. The predicted octanol–water partition coefficient (Wildman–Crippen LogP) is 4.43. The lowest BCUT2D eigenvalue weighted by molar-refractivity contribution is -0.118. The summed E-state index contributed by atoms with van der Waals surface area (Å²) < 4.78 is 4.23. The van der Waals surface area contributed by atoms with Crippen LogP contribution in [0.2, 0.25) is 0 Å². The molecule has 0 unspecified atom stereocenters. The Balaban J connectivity index is 1.59. The third kappa shape index (κ3) is 5.79. The van der Waals surface area contributed by atoms with Crippen molar-refractivity contribution in [3.63, 3.8) is 0 Å². The zero-order valence-corrected chi connectivity index (χ0v) is 20.2. The van der Waals surface area contributed by atoms with E-state index in [1.165, 1.54) is 23.0 Å². The number of nitrogens with zero attached hydrogens (tertiary/aromatic N) is 4. The number of nitrogens with one attached hydrogen (secondary N) is 1. The highest BCUT2D eigenvalue weighted by Gasteiger charge is 2.16. The van der Waals surface area contributed by atoms with Crippen LogP contribution in [0.25, 0.3) is 0 Å². The SMILES string of the molecule is Cc1nn(Cc2ccccc2)c(C)c1CNC(=O)CSc1nc(C)c(C)n1CC(C)C. The molecule has 0 saturated heterocycles. The van der Waals surface area contributed by atoms with Gasteiger partial charge in [0.15, 0.2) is 5.16 Å². The highest BCUT2D eigenvalue weighted by atomic mass is 32.2. The maximum absolute atomic E-state index is 12.5. The first-order valence-electron chi connectivity index (χ1n) is 10.8. The molecule has 0 spiro atoms. The van der Waals surface area contributed by atoms with E-state index in [1.807, 2.05) is 36.7 Å². The van der Waals surface area contributed by atoms with Gasteiger partial charge >= 0.3 is 0 Å². The van der Waals surface area contributed by atoms with E-state index in [2.05, 4.69) is 59.8 Å². The van der Waals surface area contributed by atoms with Gasteiger partial charge in [-0.15, -0.1) is 0 Å². The highest BCUT2D eigenvalue weighted by Crippen LogP contribution is 2.22. The second-order valence-electron chi connectivity index (χ2n) is 8.43. The number of thioether (sulfide) groups is 1. The number of rotatable bonds is 9. The molecule has 7 heteroatoms. The molecule has 31 heavy (non-hydrogen) atoms. The molecule has 0 radical (unpaired) electrons. The van der Waals surface area contributed by atoms with Crippen molar-refractivity contribution in [1.29, 1.82) is 0 Å². The number of aromatic nitrogens is 4. The fraction of sp³-hybridized carbons (Fsp3) is 0.458.